The third-order valence-corrected chi connectivity index (χ3v) is 4.60. The Morgan fingerprint density at radius 1 is 0.963 bits per heavy atom. The summed E-state index contributed by atoms with van der Waals surface area (Å²) in [6, 6.07) is 16.1. The molecule has 2 aromatic carbocycles. The van der Waals surface area contributed by atoms with Crippen LogP contribution < -0.4 is 10.1 Å². The Morgan fingerprint density at radius 2 is 1.81 bits per heavy atom. The molecule has 27 heavy (non-hydrogen) atoms. The van der Waals surface area contributed by atoms with E-state index >= 15 is 0 Å². The summed E-state index contributed by atoms with van der Waals surface area (Å²) in [6.45, 7) is 2.09. The number of ether oxygens (including phenoxy) is 1. The first-order chi connectivity index (χ1) is 13.2. The fraction of sp³-hybridized carbons (Fsp3) is 0.136. The van der Waals surface area contributed by atoms with Gasteiger partial charge in [0.25, 0.3) is 0 Å². The molecular formula is C22H20N4O. The maximum absolute atomic E-state index is 5.55. The smallest absolute Gasteiger partial charge is 0.163 e. The van der Waals surface area contributed by atoms with Gasteiger partial charge in [-0.2, -0.15) is 0 Å². The zero-order valence-corrected chi connectivity index (χ0v) is 15.5. The van der Waals surface area contributed by atoms with Crippen LogP contribution in [0.2, 0.25) is 0 Å². The van der Waals surface area contributed by atoms with Gasteiger partial charge in [0.05, 0.1) is 12.6 Å². The highest BCUT2D eigenvalue weighted by atomic mass is 16.5. The van der Waals surface area contributed by atoms with Crippen molar-refractivity contribution in [2.24, 2.45) is 0 Å². The minimum Gasteiger partial charge on any atom is -0.496 e. The summed E-state index contributed by atoms with van der Waals surface area (Å²) >= 11 is 0. The first-order valence-corrected chi connectivity index (χ1v) is 8.75. The number of nitrogens with zero attached hydrogens (tertiary/aromatic N) is 3. The van der Waals surface area contributed by atoms with Gasteiger partial charge in [-0.05, 0) is 48.4 Å². The van der Waals surface area contributed by atoms with Crippen LogP contribution in [0.4, 0.5) is 5.82 Å². The fourth-order valence-electron chi connectivity index (χ4n) is 3.25. The maximum Gasteiger partial charge on any atom is 0.163 e. The van der Waals surface area contributed by atoms with E-state index < -0.39 is 0 Å². The molecule has 134 valence electrons. The zero-order chi connectivity index (χ0) is 18.8. The van der Waals surface area contributed by atoms with Crippen LogP contribution in [0.5, 0.6) is 5.75 Å². The number of pyridine rings is 1. The summed E-state index contributed by atoms with van der Waals surface area (Å²) in [6.07, 6.45) is 3.52. The third kappa shape index (κ3) is 3.08. The molecule has 0 aliphatic carbocycles. The number of hydrogen-bond acceptors (Lipinski definition) is 5. The molecule has 0 atom stereocenters. The number of para-hydroxylation sites is 1. The van der Waals surface area contributed by atoms with Gasteiger partial charge in [0.2, 0.25) is 0 Å². The van der Waals surface area contributed by atoms with E-state index in [-0.39, 0.29) is 0 Å². The summed E-state index contributed by atoms with van der Waals surface area (Å²) in [5.74, 6) is 2.29. The second-order valence-corrected chi connectivity index (χ2v) is 6.27. The number of benzene rings is 2. The van der Waals surface area contributed by atoms with Gasteiger partial charge in [-0.3, -0.25) is 4.98 Å². The van der Waals surface area contributed by atoms with Gasteiger partial charge in [-0.15, -0.1) is 0 Å². The summed E-state index contributed by atoms with van der Waals surface area (Å²) < 4.78 is 5.55. The first kappa shape index (κ1) is 17.0. The van der Waals surface area contributed by atoms with Crippen molar-refractivity contribution in [2.75, 3.05) is 19.5 Å². The average Bonchev–Trinajstić information content (AvgIpc) is 2.73. The van der Waals surface area contributed by atoms with E-state index in [0.29, 0.717) is 5.82 Å². The number of methoxy groups -OCH3 is 1. The number of fused-ring (bicyclic) bond motifs is 1. The Bertz CT molecular complexity index is 1110. The molecule has 0 fully saturated rings. The van der Waals surface area contributed by atoms with Crippen LogP contribution in [-0.4, -0.2) is 29.1 Å². The highest BCUT2D eigenvalue weighted by Crippen LogP contribution is 2.36. The van der Waals surface area contributed by atoms with E-state index in [4.69, 9.17) is 14.7 Å². The van der Waals surface area contributed by atoms with Crippen molar-refractivity contribution in [1.82, 2.24) is 15.0 Å². The molecular weight excluding hydrogens is 336 g/mol. The second-order valence-electron chi connectivity index (χ2n) is 6.27. The lowest BCUT2D eigenvalue weighted by Gasteiger charge is -2.14. The van der Waals surface area contributed by atoms with Crippen LogP contribution in [0.1, 0.15) is 5.56 Å². The summed E-state index contributed by atoms with van der Waals surface area (Å²) in [7, 11) is 3.56. The lowest BCUT2D eigenvalue weighted by Crippen LogP contribution is -2.00. The number of nitrogens with one attached hydrogen (secondary N) is 1. The summed E-state index contributed by atoms with van der Waals surface area (Å²) in [4.78, 5) is 13.6. The number of aromatic nitrogens is 3. The molecule has 5 heteroatoms. The summed E-state index contributed by atoms with van der Waals surface area (Å²) in [5.41, 5.74) is 5.07. The minimum atomic E-state index is 0.657. The van der Waals surface area contributed by atoms with Gasteiger partial charge >= 0.3 is 0 Å². The molecule has 0 saturated carbocycles. The molecule has 2 heterocycles. The van der Waals surface area contributed by atoms with E-state index in [0.717, 1.165) is 44.7 Å². The molecule has 4 aromatic rings. The van der Waals surface area contributed by atoms with Crippen LogP contribution in [0.3, 0.4) is 0 Å². The Labute approximate surface area is 158 Å². The minimum absolute atomic E-state index is 0.657. The number of aryl methyl sites for hydroxylation is 1. The Kier molecular flexibility index (Phi) is 4.42. The number of rotatable bonds is 4. The lowest BCUT2D eigenvalue weighted by atomic mass is 9.97. The molecule has 0 aliphatic rings. The molecule has 0 spiro atoms. The van der Waals surface area contributed by atoms with Gasteiger partial charge in [0.1, 0.15) is 11.6 Å². The van der Waals surface area contributed by atoms with Crippen molar-refractivity contribution in [3.8, 4) is 28.3 Å². The Morgan fingerprint density at radius 3 is 2.56 bits per heavy atom. The van der Waals surface area contributed by atoms with Crippen LogP contribution in [0.15, 0.2) is 60.9 Å². The molecule has 0 radical (unpaired) electrons. The van der Waals surface area contributed by atoms with E-state index in [1.165, 1.54) is 0 Å². The van der Waals surface area contributed by atoms with Crippen molar-refractivity contribution < 1.29 is 4.74 Å². The van der Waals surface area contributed by atoms with Gasteiger partial charge in [0, 0.05) is 36.0 Å². The first-order valence-electron chi connectivity index (χ1n) is 8.75. The van der Waals surface area contributed by atoms with Crippen molar-refractivity contribution in [3.05, 3.63) is 66.5 Å². The van der Waals surface area contributed by atoms with Crippen molar-refractivity contribution >= 4 is 16.7 Å². The molecule has 0 amide bonds. The zero-order valence-electron chi connectivity index (χ0n) is 15.5. The highest BCUT2D eigenvalue weighted by molar-refractivity contribution is 5.95. The predicted octanol–water partition coefficient (Wildman–Crippen LogP) is 4.72. The standard InChI is InChI=1S/C22H20N4O/c1-14-11-19-18(12-17(14)16-8-4-5-9-20(16)27-3)22(23-2)26-21(25-19)15-7-6-10-24-13-15/h4-13H,1-3H3,(H,23,25,26). The van der Waals surface area contributed by atoms with Gasteiger partial charge < -0.3 is 10.1 Å². The molecule has 0 unspecified atom stereocenters. The molecule has 0 saturated heterocycles. The molecule has 0 aliphatic heterocycles. The molecule has 2 aromatic heterocycles. The molecule has 5 nitrogen and oxygen atoms in total. The van der Waals surface area contributed by atoms with E-state index in [9.17, 15) is 0 Å². The van der Waals surface area contributed by atoms with E-state index in [2.05, 4.69) is 35.4 Å². The van der Waals surface area contributed by atoms with Crippen LogP contribution >= 0.6 is 0 Å². The quantitative estimate of drug-likeness (QED) is 0.573. The second kappa shape index (κ2) is 7.03. The lowest BCUT2D eigenvalue weighted by molar-refractivity contribution is 0.416. The van der Waals surface area contributed by atoms with Gasteiger partial charge in [-0.25, -0.2) is 9.97 Å². The number of anilines is 1. The van der Waals surface area contributed by atoms with Crippen LogP contribution in [0, 0.1) is 6.92 Å². The van der Waals surface area contributed by atoms with E-state index in [1.807, 2.05) is 37.4 Å². The number of hydrogen-bond donors (Lipinski definition) is 1. The summed E-state index contributed by atoms with van der Waals surface area (Å²) in [5, 5.41) is 4.17. The normalized spacial score (nSPS) is 10.8. The molecule has 0 bridgehead atoms. The van der Waals surface area contributed by atoms with E-state index in [1.54, 1.807) is 19.5 Å². The Balaban J connectivity index is 1.95. The average molecular weight is 356 g/mol. The topological polar surface area (TPSA) is 59.9 Å². The fourth-order valence-corrected chi connectivity index (χ4v) is 3.25. The van der Waals surface area contributed by atoms with Crippen molar-refractivity contribution in [3.63, 3.8) is 0 Å². The van der Waals surface area contributed by atoms with Crippen molar-refractivity contribution in [1.29, 1.82) is 0 Å². The SMILES string of the molecule is CNc1nc(-c2cccnc2)nc2cc(C)c(-c3ccccc3OC)cc12. The molecule has 1 N–H and O–H groups in total. The van der Waals surface area contributed by atoms with Gasteiger partial charge in [0.15, 0.2) is 5.82 Å². The Hall–Kier alpha value is -3.47. The molecule has 4 rings (SSSR count). The van der Waals surface area contributed by atoms with Crippen LogP contribution in [-0.2, 0) is 0 Å². The monoisotopic (exact) mass is 356 g/mol. The third-order valence-electron chi connectivity index (χ3n) is 4.60. The van der Waals surface area contributed by atoms with Crippen molar-refractivity contribution in [2.45, 2.75) is 6.92 Å². The predicted molar refractivity (Wildman–Crippen MR) is 109 cm³/mol. The van der Waals surface area contributed by atoms with Gasteiger partial charge in [-0.1, -0.05) is 18.2 Å². The van der Waals surface area contributed by atoms with Crippen LogP contribution in [0.25, 0.3) is 33.4 Å². The maximum atomic E-state index is 5.55. The largest absolute Gasteiger partial charge is 0.496 e. The highest BCUT2D eigenvalue weighted by Gasteiger charge is 2.14.